The van der Waals surface area contributed by atoms with Crippen LogP contribution in [0.2, 0.25) is 0 Å². The van der Waals surface area contributed by atoms with Gasteiger partial charge < -0.3 is 10.6 Å². The lowest BCUT2D eigenvalue weighted by Crippen LogP contribution is -2.26. The van der Waals surface area contributed by atoms with Gasteiger partial charge in [-0.3, -0.25) is 4.79 Å². The van der Waals surface area contributed by atoms with Gasteiger partial charge in [0.2, 0.25) is 5.01 Å². The minimum absolute atomic E-state index is 0.161. The molecule has 1 aliphatic heterocycles. The fourth-order valence-electron chi connectivity index (χ4n) is 3.19. The van der Waals surface area contributed by atoms with Crippen molar-refractivity contribution in [3.05, 3.63) is 39.8 Å². The number of rotatable bonds is 4. The van der Waals surface area contributed by atoms with Crippen molar-refractivity contribution in [1.29, 1.82) is 0 Å². The zero-order valence-corrected chi connectivity index (χ0v) is 14.7. The minimum Gasteiger partial charge on any atom is -0.320 e. The number of hydrogen-bond donors (Lipinski definition) is 2. The first-order valence-electron chi connectivity index (χ1n) is 8.60. The van der Waals surface area contributed by atoms with Gasteiger partial charge in [-0.15, -0.1) is 10.2 Å². The molecule has 126 valence electrons. The van der Waals surface area contributed by atoms with Crippen molar-refractivity contribution in [2.75, 3.05) is 18.4 Å². The predicted octanol–water partition coefficient (Wildman–Crippen LogP) is 3.31. The van der Waals surface area contributed by atoms with Crippen molar-refractivity contribution in [2.45, 2.75) is 43.9 Å². The summed E-state index contributed by atoms with van der Waals surface area (Å²) in [5, 5.41) is 16.1. The Bertz CT molecular complexity index is 747. The van der Waals surface area contributed by atoms with Crippen LogP contribution in [0.3, 0.4) is 0 Å². The summed E-state index contributed by atoms with van der Waals surface area (Å²) in [6.45, 7) is 4.29. The molecular formula is C18H22N4OS. The molecule has 1 aromatic heterocycles. The highest BCUT2D eigenvalue weighted by molar-refractivity contribution is 7.13. The second kappa shape index (κ2) is 6.26. The maximum atomic E-state index is 12.5. The molecule has 2 fully saturated rings. The van der Waals surface area contributed by atoms with E-state index in [0.29, 0.717) is 16.3 Å². The third kappa shape index (κ3) is 3.21. The van der Waals surface area contributed by atoms with E-state index in [-0.39, 0.29) is 5.91 Å². The number of amides is 1. The molecule has 0 radical (unpaired) electrons. The van der Waals surface area contributed by atoms with Crippen LogP contribution >= 0.6 is 11.3 Å². The molecule has 1 amide bonds. The molecule has 0 atom stereocenters. The summed E-state index contributed by atoms with van der Waals surface area (Å²) in [5.41, 5.74) is 2.43. The van der Waals surface area contributed by atoms with Gasteiger partial charge in [0.15, 0.2) is 0 Å². The fraction of sp³-hybridized carbons (Fsp3) is 0.500. The lowest BCUT2D eigenvalue weighted by molar-refractivity contribution is 0.102. The maximum absolute atomic E-state index is 12.5. The predicted molar refractivity (Wildman–Crippen MR) is 95.7 cm³/mol. The second-order valence-electron chi connectivity index (χ2n) is 7.07. The number of carbonyl (C=O) groups is 1. The summed E-state index contributed by atoms with van der Waals surface area (Å²) >= 11 is 1.43. The highest BCUT2D eigenvalue weighted by atomic mass is 32.1. The Hall–Kier alpha value is -1.79. The molecule has 2 aliphatic rings. The molecule has 0 bridgehead atoms. The first-order chi connectivity index (χ1) is 11.6. The molecule has 2 aromatic rings. The van der Waals surface area contributed by atoms with Crippen LogP contribution in [0, 0.1) is 0 Å². The molecule has 2 N–H and O–H groups in total. The number of nitrogens with one attached hydrogen (secondary N) is 2. The zero-order valence-electron chi connectivity index (χ0n) is 13.8. The number of hydrogen-bond acceptors (Lipinski definition) is 5. The minimum atomic E-state index is -0.161. The van der Waals surface area contributed by atoms with E-state index < -0.39 is 0 Å². The molecule has 5 nitrogen and oxygen atoms in total. The van der Waals surface area contributed by atoms with Gasteiger partial charge >= 0.3 is 0 Å². The molecule has 6 heteroatoms. The number of anilines is 1. The van der Waals surface area contributed by atoms with Crippen LogP contribution in [-0.4, -0.2) is 29.2 Å². The molecule has 1 aliphatic carbocycles. The van der Waals surface area contributed by atoms with E-state index in [1.54, 1.807) is 0 Å². The third-order valence-corrected chi connectivity index (χ3v) is 6.23. The van der Waals surface area contributed by atoms with Gasteiger partial charge in [-0.25, -0.2) is 0 Å². The van der Waals surface area contributed by atoms with E-state index in [9.17, 15) is 4.79 Å². The number of piperidine rings is 1. The van der Waals surface area contributed by atoms with Gasteiger partial charge in [-0.1, -0.05) is 30.4 Å². The summed E-state index contributed by atoms with van der Waals surface area (Å²) in [5.74, 6) is 0.272. The molecule has 0 spiro atoms. The van der Waals surface area contributed by atoms with Gasteiger partial charge in [0.05, 0.1) is 0 Å². The molecule has 2 heterocycles. The largest absolute Gasteiger partial charge is 0.320 e. The lowest BCUT2D eigenvalue weighted by Gasteiger charge is -2.19. The highest BCUT2D eigenvalue weighted by Gasteiger charge is 2.39. The van der Waals surface area contributed by atoms with Crippen LogP contribution in [0.5, 0.6) is 0 Å². The van der Waals surface area contributed by atoms with Crippen molar-refractivity contribution in [2.24, 2.45) is 0 Å². The van der Waals surface area contributed by atoms with Gasteiger partial charge in [0, 0.05) is 11.6 Å². The highest BCUT2D eigenvalue weighted by Crippen LogP contribution is 2.47. The molecule has 1 saturated heterocycles. The average Bonchev–Trinajstić information content (AvgIpc) is 3.18. The number of carbonyl (C=O) groups excluding carboxylic acids is 1. The Labute approximate surface area is 145 Å². The van der Waals surface area contributed by atoms with Gasteiger partial charge in [0.1, 0.15) is 5.01 Å². The van der Waals surface area contributed by atoms with E-state index >= 15 is 0 Å². The summed E-state index contributed by atoms with van der Waals surface area (Å²) in [6.07, 6.45) is 4.58. The quantitative estimate of drug-likeness (QED) is 0.894. The molecule has 4 rings (SSSR count). The first kappa shape index (κ1) is 15.7. The molecule has 0 unspecified atom stereocenters. The number of aromatic nitrogens is 2. The monoisotopic (exact) mass is 342 g/mol. The third-order valence-electron chi connectivity index (χ3n) is 5.14. The Morgan fingerprint density at radius 3 is 2.83 bits per heavy atom. The Morgan fingerprint density at radius 2 is 2.08 bits per heavy atom. The summed E-state index contributed by atoms with van der Waals surface area (Å²) in [6, 6.07) is 8.17. The van der Waals surface area contributed by atoms with E-state index in [1.807, 2.05) is 12.1 Å². The van der Waals surface area contributed by atoms with Crippen molar-refractivity contribution in [3.63, 3.8) is 0 Å². The molecule has 24 heavy (non-hydrogen) atoms. The van der Waals surface area contributed by atoms with Crippen LogP contribution in [0.15, 0.2) is 24.3 Å². The van der Waals surface area contributed by atoms with Crippen LogP contribution in [-0.2, 0) is 5.41 Å². The van der Waals surface area contributed by atoms with Gasteiger partial charge in [-0.05, 0) is 61.9 Å². The number of benzene rings is 1. The first-order valence-corrected chi connectivity index (χ1v) is 9.42. The van der Waals surface area contributed by atoms with Crippen molar-refractivity contribution in [1.82, 2.24) is 15.5 Å². The van der Waals surface area contributed by atoms with E-state index in [2.05, 4.69) is 39.9 Å². The van der Waals surface area contributed by atoms with Crippen LogP contribution in [0.25, 0.3) is 0 Å². The van der Waals surface area contributed by atoms with Gasteiger partial charge in [-0.2, -0.15) is 0 Å². The van der Waals surface area contributed by atoms with E-state index in [0.717, 1.165) is 36.6 Å². The van der Waals surface area contributed by atoms with E-state index in [4.69, 9.17) is 0 Å². The van der Waals surface area contributed by atoms with Crippen molar-refractivity contribution in [3.8, 4) is 0 Å². The second-order valence-corrected chi connectivity index (χ2v) is 8.07. The van der Waals surface area contributed by atoms with Gasteiger partial charge in [0.25, 0.3) is 5.91 Å². The standard InChI is InChI=1S/C18H22N4OS/c1-18(7-8-18)13-3-2-4-14(11-13)20-15(23)17-22-21-16(24-17)12-5-9-19-10-6-12/h2-4,11-12,19H,5-10H2,1H3,(H,20,23). The topological polar surface area (TPSA) is 66.9 Å². The number of nitrogens with zero attached hydrogens (tertiary/aromatic N) is 2. The summed E-state index contributed by atoms with van der Waals surface area (Å²) < 4.78 is 0. The summed E-state index contributed by atoms with van der Waals surface area (Å²) in [4.78, 5) is 12.5. The van der Waals surface area contributed by atoms with E-state index in [1.165, 1.54) is 29.7 Å². The fourth-order valence-corrected chi connectivity index (χ4v) is 4.10. The summed E-state index contributed by atoms with van der Waals surface area (Å²) in [7, 11) is 0. The van der Waals surface area contributed by atoms with Crippen LogP contribution in [0.1, 0.15) is 58.9 Å². The molecule has 1 saturated carbocycles. The van der Waals surface area contributed by atoms with Crippen LogP contribution in [0.4, 0.5) is 5.69 Å². The maximum Gasteiger partial charge on any atom is 0.286 e. The van der Waals surface area contributed by atoms with Crippen molar-refractivity contribution >= 4 is 22.9 Å². The Balaban J connectivity index is 1.45. The Kier molecular flexibility index (Phi) is 4.10. The van der Waals surface area contributed by atoms with Crippen molar-refractivity contribution < 1.29 is 4.79 Å². The lowest BCUT2D eigenvalue weighted by atomic mass is 9.98. The zero-order chi connectivity index (χ0) is 16.6. The Morgan fingerprint density at radius 1 is 1.29 bits per heavy atom. The van der Waals surface area contributed by atoms with Crippen LogP contribution < -0.4 is 10.6 Å². The normalized spacial score (nSPS) is 19.9. The molecule has 1 aromatic carbocycles. The average molecular weight is 342 g/mol. The SMILES string of the molecule is CC1(c2cccc(NC(=O)c3nnc(C4CCNCC4)s3)c2)CC1. The molecular weight excluding hydrogens is 320 g/mol. The smallest absolute Gasteiger partial charge is 0.286 e.